The largest absolute Gasteiger partial charge is 0.434 e. The Labute approximate surface area is 124 Å². The van der Waals surface area contributed by atoms with Crippen molar-refractivity contribution < 1.29 is 13.2 Å². The van der Waals surface area contributed by atoms with Crippen molar-refractivity contribution in [3.05, 3.63) is 29.2 Å². The highest BCUT2D eigenvalue weighted by molar-refractivity contribution is 7.15. The van der Waals surface area contributed by atoms with Crippen molar-refractivity contribution in [2.24, 2.45) is 5.92 Å². The van der Waals surface area contributed by atoms with Crippen molar-refractivity contribution >= 4 is 11.3 Å². The number of hydrogen-bond donors (Lipinski definition) is 1. The van der Waals surface area contributed by atoms with Crippen LogP contribution in [0.2, 0.25) is 0 Å². The summed E-state index contributed by atoms with van der Waals surface area (Å²) in [5.74, 6) is 0.367. The molecular weight excluding hydrogens is 301 g/mol. The Morgan fingerprint density at radius 1 is 1.29 bits per heavy atom. The number of hydrogen-bond acceptors (Lipinski definition) is 5. The molecule has 0 aliphatic carbocycles. The van der Waals surface area contributed by atoms with Gasteiger partial charge in [-0.05, 0) is 12.5 Å². The lowest BCUT2D eigenvalue weighted by Gasteiger charge is -2.08. The first kappa shape index (κ1) is 15.8. The minimum atomic E-state index is -4.47. The molecule has 1 N–H and O–H groups in total. The van der Waals surface area contributed by atoms with Crippen molar-refractivity contribution in [3.8, 4) is 10.7 Å². The molecule has 0 aromatic carbocycles. The Morgan fingerprint density at radius 2 is 2.05 bits per heavy atom. The lowest BCUT2D eigenvalue weighted by Crippen LogP contribution is -2.20. The highest BCUT2D eigenvalue weighted by Gasteiger charge is 2.37. The van der Waals surface area contributed by atoms with Crippen LogP contribution in [0.1, 0.15) is 24.4 Å². The van der Waals surface area contributed by atoms with Crippen molar-refractivity contribution in [3.63, 3.8) is 0 Å². The molecule has 4 nitrogen and oxygen atoms in total. The quantitative estimate of drug-likeness (QED) is 0.919. The summed E-state index contributed by atoms with van der Waals surface area (Å²) in [6, 6.07) is 0. The maximum Gasteiger partial charge on any atom is 0.434 e. The summed E-state index contributed by atoms with van der Waals surface area (Å²) in [5, 5.41) is 3.25. The normalized spacial score (nSPS) is 12.1. The molecule has 0 fully saturated rings. The highest BCUT2D eigenvalue weighted by atomic mass is 32.1. The number of thiazole rings is 1. The van der Waals surface area contributed by atoms with Crippen LogP contribution in [0.3, 0.4) is 0 Å². The maximum atomic E-state index is 13.0. The predicted molar refractivity (Wildman–Crippen MR) is 74.7 cm³/mol. The van der Waals surface area contributed by atoms with Crippen LogP contribution < -0.4 is 5.32 Å². The van der Waals surface area contributed by atoms with Gasteiger partial charge >= 0.3 is 6.18 Å². The zero-order valence-electron chi connectivity index (χ0n) is 11.6. The van der Waals surface area contributed by atoms with E-state index in [1.807, 2.05) is 13.8 Å². The number of aromatic nitrogens is 3. The molecule has 0 aliphatic heterocycles. The van der Waals surface area contributed by atoms with Gasteiger partial charge in [-0.2, -0.15) is 13.2 Å². The monoisotopic (exact) mass is 316 g/mol. The van der Waals surface area contributed by atoms with Gasteiger partial charge in [-0.15, -0.1) is 11.3 Å². The molecule has 2 aromatic heterocycles. The van der Waals surface area contributed by atoms with Gasteiger partial charge in [-0.3, -0.25) is 9.97 Å². The Kier molecular flexibility index (Phi) is 4.89. The van der Waals surface area contributed by atoms with E-state index < -0.39 is 11.9 Å². The fraction of sp³-hybridized carbons (Fsp3) is 0.462. The Hall–Kier alpha value is -1.54. The third-order valence-corrected chi connectivity index (χ3v) is 3.66. The van der Waals surface area contributed by atoms with Crippen LogP contribution in [-0.4, -0.2) is 21.5 Å². The van der Waals surface area contributed by atoms with E-state index in [1.165, 1.54) is 18.6 Å². The summed E-state index contributed by atoms with van der Waals surface area (Å²) in [6.07, 6.45) is -0.163. The van der Waals surface area contributed by atoms with Crippen LogP contribution in [0.5, 0.6) is 0 Å². The third-order valence-electron chi connectivity index (χ3n) is 2.59. The Bertz CT molecular complexity index is 581. The lowest BCUT2D eigenvalue weighted by atomic mass is 10.2. The van der Waals surface area contributed by atoms with E-state index in [0.717, 1.165) is 11.3 Å². The summed E-state index contributed by atoms with van der Waals surface area (Å²) in [5.41, 5.74) is -0.493. The van der Waals surface area contributed by atoms with Crippen LogP contribution in [0.15, 0.2) is 18.6 Å². The first-order valence-electron chi connectivity index (χ1n) is 6.42. The number of rotatable bonds is 5. The molecule has 2 rings (SSSR count). The second-order valence-corrected chi connectivity index (χ2v) is 5.99. The summed E-state index contributed by atoms with van der Waals surface area (Å²) >= 11 is 0.995. The third kappa shape index (κ3) is 4.21. The molecule has 0 bridgehead atoms. The van der Waals surface area contributed by atoms with E-state index in [9.17, 15) is 13.2 Å². The zero-order valence-corrected chi connectivity index (χ0v) is 12.4. The van der Waals surface area contributed by atoms with Crippen molar-refractivity contribution in [2.75, 3.05) is 6.54 Å². The van der Waals surface area contributed by atoms with Gasteiger partial charge in [-0.25, -0.2) is 4.98 Å². The van der Waals surface area contributed by atoms with Gasteiger partial charge < -0.3 is 5.32 Å². The van der Waals surface area contributed by atoms with Gasteiger partial charge in [-0.1, -0.05) is 13.8 Å². The topological polar surface area (TPSA) is 50.7 Å². The molecule has 0 saturated carbocycles. The van der Waals surface area contributed by atoms with Crippen LogP contribution in [0.4, 0.5) is 13.2 Å². The lowest BCUT2D eigenvalue weighted by molar-refractivity contribution is -0.141. The molecule has 8 heteroatoms. The Balaban J connectivity index is 2.28. The van der Waals surface area contributed by atoms with Crippen LogP contribution in [0.25, 0.3) is 10.7 Å². The van der Waals surface area contributed by atoms with E-state index in [2.05, 4.69) is 20.3 Å². The van der Waals surface area contributed by atoms with Gasteiger partial charge in [0.1, 0.15) is 10.7 Å². The number of nitrogens with zero attached hydrogens (tertiary/aromatic N) is 3. The summed E-state index contributed by atoms with van der Waals surface area (Å²) in [4.78, 5) is 11.7. The second kappa shape index (κ2) is 6.48. The molecule has 2 aromatic rings. The van der Waals surface area contributed by atoms with E-state index in [1.54, 1.807) is 0 Å². The van der Waals surface area contributed by atoms with Crippen molar-refractivity contribution in [1.82, 2.24) is 20.3 Å². The smallest absolute Gasteiger partial charge is 0.312 e. The molecule has 0 saturated heterocycles. The molecule has 0 unspecified atom stereocenters. The first-order chi connectivity index (χ1) is 9.88. The minimum Gasteiger partial charge on any atom is -0.312 e. The maximum absolute atomic E-state index is 13.0. The summed E-state index contributed by atoms with van der Waals surface area (Å²) in [6.45, 7) is 4.78. The molecular formula is C13H15F3N4S. The Morgan fingerprint density at radius 3 is 2.62 bits per heavy atom. The second-order valence-electron chi connectivity index (χ2n) is 4.90. The molecule has 2 heterocycles. The minimum absolute atomic E-state index is 0.144. The molecule has 21 heavy (non-hydrogen) atoms. The molecule has 114 valence electrons. The standard InChI is InChI=1S/C13H15F3N4S/c1-8(2)5-18-7-10-11(13(14,15)16)20-12(21-10)9-6-17-3-4-19-9/h3-4,6,8,18H,5,7H2,1-2H3. The van der Waals surface area contributed by atoms with Gasteiger partial charge in [0.2, 0.25) is 0 Å². The molecule has 0 radical (unpaired) electrons. The van der Waals surface area contributed by atoms with Crippen molar-refractivity contribution in [2.45, 2.75) is 26.6 Å². The fourth-order valence-electron chi connectivity index (χ4n) is 1.69. The fourth-order valence-corrected chi connectivity index (χ4v) is 2.70. The summed E-state index contributed by atoms with van der Waals surface area (Å²) in [7, 11) is 0. The van der Waals surface area contributed by atoms with Crippen LogP contribution in [0, 0.1) is 5.92 Å². The van der Waals surface area contributed by atoms with E-state index >= 15 is 0 Å². The van der Waals surface area contributed by atoms with Crippen LogP contribution in [-0.2, 0) is 12.7 Å². The van der Waals surface area contributed by atoms with Gasteiger partial charge in [0.05, 0.1) is 11.1 Å². The van der Waals surface area contributed by atoms with Gasteiger partial charge in [0.25, 0.3) is 0 Å². The average Bonchev–Trinajstić information content (AvgIpc) is 2.83. The molecule has 0 atom stereocenters. The molecule has 0 amide bonds. The van der Waals surface area contributed by atoms with E-state index in [-0.39, 0.29) is 16.4 Å². The van der Waals surface area contributed by atoms with Crippen molar-refractivity contribution in [1.29, 1.82) is 0 Å². The number of halogens is 3. The zero-order chi connectivity index (χ0) is 15.5. The number of nitrogens with one attached hydrogen (secondary N) is 1. The highest BCUT2D eigenvalue weighted by Crippen LogP contribution is 2.37. The van der Waals surface area contributed by atoms with Gasteiger partial charge in [0.15, 0.2) is 5.69 Å². The summed E-state index contributed by atoms with van der Waals surface area (Å²) < 4.78 is 39.1. The number of alkyl halides is 3. The van der Waals surface area contributed by atoms with Gasteiger partial charge in [0, 0.05) is 18.9 Å². The average molecular weight is 316 g/mol. The van der Waals surface area contributed by atoms with E-state index in [0.29, 0.717) is 18.2 Å². The van der Waals surface area contributed by atoms with E-state index in [4.69, 9.17) is 0 Å². The SMILES string of the molecule is CC(C)CNCc1sc(-c2cnccn2)nc1C(F)(F)F. The molecule has 0 aliphatic rings. The predicted octanol–water partition coefficient (Wildman–Crippen LogP) is 3.36. The first-order valence-corrected chi connectivity index (χ1v) is 7.23. The molecule has 0 spiro atoms. The van der Waals surface area contributed by atoms with Crippen LogP contribution >= 0.6 is 11.3 Å².